The highest BCUT2D eigenvalue weighted by molar-refractivity contribution is 5.79. The maximum atomic E-state index is 11.2. The van der Waals surface area contributed by atoms with Crippen molar-refractivity contribution in [2.75, 3.05) is 13.7 Å². The minimum absolute atomic E-state index is 0.0204. The molecule has 4 nitrogen and oxygen atoms in total. The summed E-state index contributed by atoms with van der Waals surface area (Å²) in [5.41, 5.74) is 7.83. The van der Waals surface area contributed by atoms with E-state index in [1.165, 1.54) is 11.1 Å². The molecular weight excluding hydrogens is 264 g/mol. The summed E-state index contributed by atoms with van der Waals surface area (Å²) in [5.74, 6) is 0.539. The molecular formula is C17H28N2O2. The fourth-order valence-corrected chi connectivity index (χ4v) is 2.22. The Morgan fingerprint density at radius 3 is 2.52 bits per heavy atom. The van der Waals surface area contributed by atoms with Crippen LogP contribution in [0.4, 0.5) is 0 Å². The van der Waals surface area contributed by atoms with Crippen molar-refractivity contribution in [3.63, 3.8) is 0 Å². The summed E-state index contributed by atoms with van der Waals surface area (Å²) in [6.07, 6.45) is 1.57. The molecule has 1 aromatic carbocycles. The predicted molar refractivity (Wildman–Crippen MR) is 86.7 cm³/mol. The third-order valence-electron chi connectivity index (χ3n) is 3.62. The van der Waals surface area contributed by atoms with Crippen molar-refractivity contribution in [2.45, 2.75) is 52.0 Å². The lowest BCUT2D eigenvalue weighted by Crippen LogP contribution is -2.40. The van der Waals surface area contributed by atoms with Crippen LogP contribution in [-0.4, -0.2) is 25.6 Å². The molecule has 0 saturated carbocycles. The van der Waals surface area contributed by atoms with Crippen LogP contribution in [0.15, 0.2) is 18.2 Å². The van der Waals surface area contributed by atoms with E-state index in [0.717, 1.165) is 12.2 Å². The number of carbonyl (C=O) groups excluding carboxylic acids is 1. The molecule has 0 radical (unpaired) electrons. The van der Waals surface area contributed by atoms with E-state index < -0.39 is 0 Å². The Bertz CT molecular complexity index is 478. The highest BCUT2D eigenvalue weighted by Gasteiger charge is 2.20. The van der Waals surface area contributed by atoms with Crippen LogP contribution < -0.4 is 15.8 Å². The van der Waals surface area contributed by atoms with Gasteiger partial charge < -0.3 is 15.8 Å². The lowest BCUT2D eigenvalue weighted by atomic mass is 9.85. The van der Waals surface area contributed by atoms with Gasteiger partial charge in [-0.15, -0.1) is 0 Å². The normalized spacial score (nSPS) is 13.0. The third-order valence-corrected chi connectivity index (χ3v) is 3.62. The lowest BCUT2D eigenvalue weighted by Gasteiger charge is -2.24. The average Bonchev–Trinajstić information content (AvgIpc) is 2.42. The van der Waals surface area contributed by atoms with Gasteiger partial charge in [-0.05, 0) is 36.1 Å². The molecule has 0 spiro atoms. The number of amides is 1. The first-order chi connectivity index (χ1) is 9.79. The minimum Gasteiger partial charge on any atom is -0.493 e. The number of rotatable bonds is 7. The van der Waals surface area contributed by atoms with Crippen LogP contribution in [-0.2, 0) is 16.6 Å². The molecule has 0 aromatic heterocycles. The van der Waals surface area contributed by atoms with Gasteiger partial charge in [-0.25, -0.2) is 0 Å². The molecule has 1 rings (SSSR count). The van der Waals surface area contributed by atoms with Crippen molar-refractivity contribution >= 4 is 5.91 Å². The summed E-state index contributed by atoms with van der Waals surface area (Å²) in [6, 6.07) is 5.98. The molecule has 0 aliphatic heterocycles. The number of nitrogens with one attached hydrogen (secondary N) is 1. The average molecular weight is 292 g/mol. The summed E-state index contributed by atoms with van der Waals surface area (Å²) in [7, 11) is 1.73. The van der Waals surface area contributed by atoms with E-state index in [-0.39, 0.29) is 17.4 Å². The van der Waals surface area contributed by atoms with Gasteiger partial charge in [-0.3, -0.25) is 4.79 Å². The first kappa shape index (κ1) is 17.5. The number of hydrogen-bond donors (Lipinski definition) is 2. The zero-order valence-electron chi connectivity index (χ0n) is 13.8. The molecule has 0 fully saturated rings. The SMILES string of the molecule is CCc1ccc(OCCC(NC)C(N)=O)c(C(C)(C)C)c1. The third kappa shape index (κ3) is 5.05. The highest BCUT2D eigenvalue weighted by Crippen LogP contribution is 2.32. The fourth-order valence-electron chi connectivity index (χ4n) is 2.22. The Balaban J connectivity index is 2.81. The van der Waals surface area contributed by atoms with Crippen molar-refractivity contribution in [3.8, 4) is 5.75 Å². The quantitative estimate of drug-likeness (QED) is 0.811. The minimum atomic E-state index is -0.349. The zero-order valence-corrected chi connectivity index (χ0v) is 13.8. The van der Waals surface area contributed by atoms with Crippen LogP contribution in [0, 0.1) is 0 Å². The molecule has 0 aliphatic carbocycles. The van der Waals surface area contributed by atoms with Crippen LogP contribution >= 0.6 is 0 Å². The Morgan fingerprint density at radius 1 is 1.38 bits per heavy atom. The number of ether oxygens (including phenoxy) is 1. The monoisotopic (exact) mass is 292 g/mol. The van der Waals surface area contributed by atoms with Crippen molar-refractivity contribution in [3.05, 3.63) is 29.3 Å². The number of nitrogens with two attached hydrogens (primary N) is 1. The second-order valence-corrected chi connectivity index (χ2v) is 6.31. The van der Waals surface area contributed by atoms with E-state index >= 15 is 0 Å². The molecule has 1 atom stereocenters. The smallest absolute Gasteiger partial charge is 0.234 e. The Hall–Kier alpha value is -1.55. The number of benzene rings is 1. The van der Waals surface area contributed by atoms with Crippen LogP contribution in [0.25, 0.3) is 0 Å². The van der Waals surface area contributed by atoms with E-state index in [2.05, 4.69) is 45.1 Å². The Morgan fingerprint density at radius 2 is 2.05 bits per heavy atom. The van der Waals surface area contributed by atoms with Gasteiger partial charge in [0.25, 0.3) is 0 Å². The molecule has 118 valence electrons. The van der Waals surface area contributed by atoms with E-state index in [4.69, 9.17) is 10.5 Å². The highest BCUT2D eigenvalue weighted by atomic mass is 16.5. The van der Waals surface area contributed by atoms with Crippen LogP contribution in [0.1, 0.15) is 45.2 Å². The maximum Gasteiger partial charge on any atom is 0.234 e. The molecule has 1 amide bonds. The second kappa shape index (κ2) is 7.46. The summed E-state index contributed by atoms with van der Waals surface area (Å²) < 4.78 is 5.90. The molecule has 0 bridgehead atoms. The largest absolute Gasteiger partial charge is 0.493 e. The fraction of sp³-hybridized carbons (Fsp3) is 0.588. The predicted octanol–water partition coefficient (Wildman–Crippen LogP) is 2.39. The molecule has 1 aromatic rings. The van der Waals surface area contributed by atoms with Crippen LogP contribution in [0.2, 0.25) is 0 Å². The summed E-state index contributed by atoms with van der Waals surface area (Å²) in [4.78, 5) is 11.2. The number of primary amides is 1. The number of hydrogen-bond acceptors (Lipinski definition) is 3. The van der Waals surface area contributed by atoms with Gasteiger partial charge in [0, 0.05) is 6.42 Å². The topological polar surface area (TPSA) is 64.3 Å². The first-order valence-corrected chi connectivity index (χ1v) is 7.52. The van der Waals surface area contributed by atoms with E-state index in [1.54, 1.807) is 7.05 Å². The first-order valence-electron chi connectivity index (χ1n) is 7.52. The molecule has 3 N–H and O–H groups in total. The van der Waals surface area contributed by atoms with Crippen molar-refractivity contribution < 1.29 is 9.53 Å². The molecule has 0 saturated heterocycles. The van der Waals surface area contributed by atoms with Crippen LogP contribution in [0.3, 0.4) is 0 Å². The van der Waals surface area contributed by atoms with Gasteiger partial charge in [-0.1, -0.05) is 39.8 Å². The Kier molecular flexibility index (Phi) is 6.21. The van der Waals surface area contributed by atoms with Crippen molar-refractivity contribution in [1.82, 2.24) is 5.32 Å². The number of carbonyl (C=O) groups is 1. The van der Waals surface area contributed by atoms with Crippen LogP contribution in [0.5, 0.6) is 5.75 Å². The molecule has 0 heterocycles. The molecule has 21 heavy (non-hydrogen) atoms. The number of aryl methyl sites for hydroxylation is 1. The van der Waals surface area contributed by atoms with E-state index in [1.807, 2.05) is 6.07 Å². The van der Waals surface area contributed by atoms with Crippen molar-refractivity contribution in [1.29, 1.82) is 0 Å². The molecule has 1 unspecified atom stereocenters. The van der Waals surface area contributed by atoms with Gasteiger partial charge >= 0.3 is 0 Å². The number of likely N-dealkylation sites (N-methyl/N-ethyl adjacent to an activating group) is 1. The van der Waals surface area contributed by atoms with E-state index in [9.17, 15) is 4.79 Å². The second-order valence-electron chi connectivity index (χ2n) is 6.31. The standard InChI is InChI=1S/C17H28N2O2/c1-6-12-7-8-15(13(11-12)17(2,3)4)21-10-9-14(19-5)16(18)20/h7-8,11,14,19H,6,9-10H2,1-5H3,(H2,18,20). The summed E-state index contributed by atoms with van der Waals surface area (Å²) in [5, 5.41) is 2.90. The van der Waals surface area contributed by atoms with E-state index in [0.29, 0.717) is 13.0 Å². The summed E-state index contributed by atoms with van der Waals surface area (Å²) in [6.45, 7) is 9.13. The lowest BCUT2D eigenvalue weighted by molar-refractivity contribution is -0.120. The van der Waals surface area contributed by atoms with Gasteiger partial charge in [0.1, 0.15) is 5.75 Å². The van der Waals surface area contributed by atoms with Gasteiger partial charge in [0.15, 0.2) is 0 Å². The maximum absolute atomic E-state index is 11.2. The van der Waals surface area contributed by atoms with Gasteiger partial charge in [0.2, 0.25) is 5.91 Å². The zero-order chi connectivity index (χ0) is 16.0. The Labute approximate surface area is 128 Å². The molecule has 0 aliphatic rings. The van der Waals surface area contributed by atoms with Crippen molar-refractivity contribution in [2.24, 2.45) is 5.73 Å². The summed E-state index contributed by atoms with van der Waals surface area (Å²) >= 11 is 0. The van der Waals surface area contributed by atoms with Gasteiger partial charge in [0.05, 0.1) is 12.6 Å². The molecule has 4 heteroatoms. The van der Waals surface area contributed by atoms with Gasteiger partial charge in [-0.2, -0.15) is 0 Å².